The first-order chi connectivity index (χ1) is 9.40. The number of hydrogen-bond acceptors (Lipinski definition) is 5. The molecule has 0 bridgehead atoms. The van der Waals surface area contributed by atoms with E-state index in [4.69, 9.17) is 0 Å². The number of ketones is 1. The fourth-order valence-corrected chi connectivity index (χ4v) is 3.56. The minimum Gasteiger partial charge on any atom is -0.507 e. The van der Waals surface area contributed by atoms with E-state index in [9.17, 15) is 25.2 Å². The number of aromatic hydroxyl groups is 1. The lowest BCUT2D eigenvalue weighted by atomic mass is 9.65. The number of aryl methyl sites for hydroxylation is 1. The van der Waals surface area contributed by atoms with Gasteiger partial charge in [-0.15, -0.1) is 0 Å². The molecule has 1 aromatic carbocycles. The molecule has 0 spiro atoms. The van der Waals surface area contributed by atoms with E-state index in [1.54, 1.807) is 13.0 Å². The van der Waals surface area contributed by atoms with Crippen molar-refractivity contribution in [3.05, 3.63) is 28.8 Å². The third-order valence-corrected chi connectivity index (χ3v) is 4.57. The second-order valence-electron chi connectivity index (χ2n) is 5.93. The van der Waals surface area contributed by atoms with E-state index in [0.717, 1.165) is 5.56 Å². The van der Waals surface area contributed by atoms with Crippen molar-refractivity contribution in [3.63, 3.8) is 0 Å². The molecule has 20 heavy (non-hydrogen) atoms. The van der Waals surface area contributed by atoms with Crippen LogP contribution in [0.25, 0.3) is 0 Å². The van der Waals surface area contributed by atoms with Gasteiger partial charge in [-0.3, -0.25) is 4.79 Å². The van der Waals surface area contributed by atoms with Gasteiger partial charge in [0.25, 0.3) is 0 Å². The number of aliphatic hydroxyl groups excluding tert-OH is 3. The second kappa shape index (κ2) is 4.55. The molecule has 0 radical (unpaired) electrons. The number of Topliss-reactive ketones (excluding diaryl/α,β-unsaturated/α-hetero) is 1. The van der Waals surface area contributed by atoms with Crippen LogP contribution in [0, 0.1) is 18.8 Å². The summed E-state index contributed by atoms with van der Waals surface area (Å²) in [6.07, 6.45) is -2.47. The largest absolute Gasteiger partial charge is 0.507 e. The summed E-state index contributed by atoms with van der Waals surface area (Å²) in [6, 6.07) is 3.20. The van der Waals surface area contributed by atoms with Crippen LogP contribution in [0.5, 0.6) is 5.75 Å². The van der Waals surface area contributed by atoms with Crippen LogP contribution < -0.4 is 0 Å². The van der Waals surface area contributed by atoms with Gasteiger partial charge in [0, 0.05) is 11.8 Å². The molecule has 1 saturated carbocycles. The Hall–Kier alpha value is -1.43. The van der Waals surface area contributed by atoms with Gasteiger partial charge in [0.1, 0.15) is 5.75 Å². The Labute approximate surface area is 116 Å². The predicted molar refractivity (Wildman–Crippen MR) is 70.4 cm³/mol. The SMILES string of the molecule is Cc1cc(O)c2c(c1)[C@@H](O)[C@H]1C[C@@H](O)[C@@H](O)C[C@@H]1C2=O. The fourth-order valence-electron chi connectivity index (χ4n) is 3.56. The van der Waals surface area contributed by atoms with Gasteiger partial charge < -0.3 is 20.4 Å². The van der Waals surface area contributed by atoms with Gasteiger partial charge >= 0.3 is 0 Å². The molecule has 0 aliphatic heterocycles. The van der Waals surface area contributed by atoms with Crippen LogP contribution >= 0.6 is 0 Å². The van der Waals surface area contributed by atoms with Gasteiger partial charge in [0.2, 0.25) is 0 Å². The highest BCUT2D eigenvalue weighted by atomic mass is 16.3. The Balaban J connectivity index is 2.11. The average molecular weight is 278 g/mol. The molecule has 5 heteroatoms. The highest BCUT2D eigenvalue weighted by Gasteiger charge is 2.48. The number of carbonyl (C=O) groups is 1. The van der Waals surface area contributed by atoms with Crippen molar-refractivity contribution < 1.29 is 25.2 Å². The first-order valence-electron chi connectivity index (χ1n) is 6.82. The summed E-state index contributed by atoms with van der Waals surface area (Å²) in [4.78, 5) is 12.5. The molecule has 108 valence electrons. The van der Waals surface area contributed by atoms with Crippen molar-refractivity contribution in [2.75, 3.05) is 0 Å². The van der Waals surface area contributed by atoms with E-state index in [1.807, 2.05) is 0 Å². The van der Waals surface area contributed by atoms with Crippen LogP contribution in [-0.2, 0) is 0 Å². The maximum absolute atomic E-state index is 12.5. The Morgan fingerprint density at radius 1 is 1.10 bits per heavy atom. The molecule has 2 aliphatic carbocycles. The number of aliphatic hydroxyl groups is 3. The molecule has 5 atom stereocenters. The normalized spacial score (nSPS) is 36.4. The zero-order chi connectivity index (χ0) is 14.6. The van der Waals surface area contributed by atoms with Crippen molar-refractivity contribution in [2.24, 2.45) is 11.8 Å². The zero-order valence-corrected chi connectivity index (χ0v) is 11.2. The lowest BCUT2D eigenvalue weighted by molar-refractivity contribution is -0.0722. The van der Waals surface area contributed by atoms with Crippen LogP contribution in [0.1, 0.15) is 40.4 Å². The van der Waals surface area contributed by atoms with E-state index in [2.05, 4.69) is 0 Å². The standard InChI is InChI=1S/C15H18O5/c1-6-2-9-13(12(18)3-6)15(20)8-5-11(17)10(16)4-7(8)14(9)19/h2-3,7-8,10-11,14,16-19H,4-5H2,1H3/t7-,8-,10+,11-,14-/m0/s1. The minimum absolute atomic E-state index is 0.120. The molecule has 1 fully saturated rings. The predicted octanol–water partition coefficient (Wildman–Crippen LogP) is 0.678. The van der Waals surface area contributed by atoms with E-state index in [0.29, 0.717) is 5.56 Å². The second-order valence-corrected chi connectivity index (χ2v) is 5.93. The van der Waals surface area contributed by atoms with Gasteiger partial charge in [0.15, 0.2) is 5.78 Å². The first kappa shape index (κ1) is 13.5. The number of benzene rings is 1. The van der Waals surface area contributed by atoms with E-state index in [-0.39, 0.29) is 29.9 Å². The van der Waals surface area contributed by atoms with Crippen LogP contribution in [-0.4, -0.2) is 38.4 Å². The molecule has 2 aliphatic rings. The first-order valence-corrected chi connectivity index (χ1v) is 6.82. The quantitative estimate of drug-likeness (QED) is 0.559. The van der Waals surface area contributed by atoms with Gasteiger partial charge in [-0.25, -0.2) is 0 Å². The maximum atomic E-state index is 12.5. The number of fused-ring (bicyclic) bond motifs is 2. The van der Waals surface area contributed by atoms with E-state index in [1.165, 1.54) is 6.07 Å². The highest BCUT2D eigenvalue weighted by molar-refractivity contribution is 6.03. The summed E-state index contributed by atoms with van der Waals surface area (Å²) in [5, 5.41) is 40.0. The Bertz CT molecular complexity index is 568. The lowest BCUT2D eigenvalue weighted by Gasteiger charge is -2.42. The monoisotopic (exact) mass is 278 g/mol. The minimum atomic E-state index is -0.957. The molecule has 0 amide bonds. The molecule has 4 N–H and O–H groups in total. The summed E-state index contributed by atoms with van der Waals surface area (Å²) in [5.41, 5.74) is 1.35. The average Bonchev–Trinajstić information content (AvgIpc) is 2.37. The molecular weight excluding hydrogens is 260 g/mol. The van der Waals surface area contributed by atoms with Gasteiger partial charge in [0.05, 0.1) is 23.9 Å². The molecule has 0 aromatic heterocycles. The van der Waals surface area contributed by atoms with Crippen molar-refractivity contribution in [3.8, 4) is 5.75 Å². The summed E-state index contributed by atoms with van der Waals surface area (Å²) >= 11 is 0. The highest BCUT2D eigenvalue weighted by Crippen LogP contribution is 2.47. The van der Waals surface area contributed by atoms with Crippen molar-refractivity contribution in [2.45, 2.75) is 38.1 Å². The molecule has 0 unspecified atom stereocenters. The maximum Gasteiger partial charge on any atom is 0.170 e. The molecule has 1 aromatic rings. The summed E-state index contributed by atoms with van der Waals surface area (Å²) < 4.78 is 0. The van der Waals surface area contributed by atoms with Crippen LogP contribution in [0.3, 0.4) is 0 Å². The smallest absolute Gasteiger partial charge is 0.170 e. The van der Waals surface area contributed by atoms with Crippen LogP contribution in [0.2, 0.25) is 0 Å². The fraction of sp³-hybridized carbons (Fsp3) is 0.533. The van der Waals surface area contributed by atoms with Gasteiger partial charge in [-0.2, -0.15) is 0 Å². The van der Waals surface area contributed by atoms with Gasteiger partial charge in [-0.05, 0) is 37.0 Å². The van der Waals surface area contributed by atoms with Crippen molar-refractivity contribution >= 4 is 5.78 Å². The summed E-state index contributed by atoms with van der Waals surface area (Å²) in [5.74, 6) is -1.33. The third kappa shape index (κ3) is 1.85. The molecule has 3 rings (SSSR count). The number of phenolic OH excluding ortho intramolecular Hbond substituents is 1. The van der Waals surface area contributed by atoms with Crippen molar-refractivity contribution in [1.82, 2.24) is 0 Å². The Morgan fingerprint density at radius 2 is 1.75 bits per heavy atom. The number of hydrogen-bond donors (Lipinski definition) is 4. The molecule has 0 saturated heterocycles. The van der Waals surface area contributed by atoms with Crippen LogP contribution in [0.4, 0.5) is 0 Å². The third-order valence-electron chi connectivity index (χ3n) is 4.57. The molecule has 5 nitrogen and oxygen atoms in total. The number of rotatable bonds is 0. The molecule has 0 heterocycles. The van der Waals surface area contributed by atoms with Crippen molar-refractivity contribution in [1.29, 1.82) is 0 Å². The summed E-state index contributed by atoms with van der Waals surface area (Å²) in [6.45, 7) is 1.78. The lowest BCUT2D eigenvalue weighted by Crippen LogP contribution is -2.46. The topological polar surface area (TPSA) is 98.0 Å². The van der Waals surface area contributed by atoms with E-state index < -0.39 is 30.1 Å². The number of carbonyl (C=O) groups excluding carboxylic acids is 1. The Kier molecular flexibility index (Phi) is 3.08. The van der Waals surface area contributed by atoms with E-state index >= 15 is 0 Å². The Morgan fingerprint density at radius 3 is 2.45 bits per heavy atom. The zero-order valence-electron chi connectivity index (χ0n) is 11.2. The van der Waals surface area contributed by atoms with Gasteiger partial charge in [-0.1, -0.05) is 6.07 Å². The molecular formula is C15H18O5. The summed E-state index contributed by atoms with van der Waals surface area (Å²) in [7, 11) is 0. The van der Waals surface area contributed by atoms with Crippen LogP contribution in [0.15, 0.2) is 12.1 Å². The number of phenols is 1.